The topological polar surface area (TPSA) is 72.2 Å². The van der Waals surface area contributed by atoms with E-state index in [4.69, 9.17) is 0 Å². The van der Waals surface area contributed by atoms with E-state index in [1.54, 1.807) is 0 Å². The maximum atomic E-state index is 14.6. The molecule has 2 rings (SSSR count). The first kappa shape index (κ1) is 23.6. The first-order valence-corrected chi connectivity index (χ1v) is 7.36. The van der Waals surface area contributed by atoms with E-state index in [1.807, 2.05) is 0 Å². The molecule has 16 heteroatoms. The van der Waals surface area contributed by atoms with Crippen LogP contribution in [-0.2, 0) is 4.79 Å². The summed E-state index contributed by atoms with van der Waals surface area (Å²) in [4.78, 5) is 21.3. The lowest BCUT2D eigenvalue weighted by Crippen LogP contribution is -2.86. The number of rotatable bonds is 3. The van der Waals surface area contributed by atoms with Gasteiger partial charge in [-0.15, -0.1) is 0 Å². The minimum absolute atomic E-state index is 0.0562. The first-order chi connectivity index (χ1) is 13.2. The smallest absolute Gasteiger partial charge is 0.317 e. The Bertz CT molecular complexity index is 886. The fourth-order valence-corrected chi connectivity index (χ4v) is 2.61. The number of aryl methyl sites for hydroxylation is 1. The number of nitrogens with one attached hydrogen (secondary N) is 1. The summed E-state index contributed by atoms with van der Waals surface area (Å²) in [5.74, 6) is -40.8. The summed E-state index contributed by atoms with van der Waals surface area (Å²) in [5, 5.41) is 11.6. The second kappa shape index (κ2) is 6.16. The second-order valence-electron chi connectivity index (χ2n) is 6.26. The molecule has 0 radical (unpaired) electrons. The summed E-state index contributed by atoms with van der Waals surface area (Å²) < 4.78 is 150. The molecule has 1 fully saturated rings. The van der Waals surface area contributed by atoms with Crippen molar-refractivity contribution in [3.05, 3.63) is 33.9 Å². The minimum atomic E-state index is -7.47. The molecule has 1 aliphatic rings. The fraction of sp³-hybridized carbons (Fsp3) is 0.500. The number of nitro groups is 1. The van der Waals surface area contributed by atoms with Gasteiger partial charge >= 0.3 is 35.3 Å². The number of hydrogen-bond donors (Lipinski definition) is 1. The van der Waals surface area contributed by atoms with Gasteiger partial charge < -0.3 is 5.32 Å². The lowest BCUT2D eigenvalue weighted by atomic mass is 9.71. The van der Waals surface area contributed by atoms with Crippen LogP contribution in [0.4, 0.5) is 59.7 Å². The lowest BCUT2D eigenvalue weighted by molar-refractivity contribution is -0.475. The van der Waals surface area contributed by atoms with E-state index in [2.05, 4.69) is 0 Å². The second-order valence-corrected chi connectivity index (χ2v) is 6.26. The number of amides is 1. The van der Waals surface area contributed by atoms with Gasteiger partial charge in [0.2, 0.25) is 0 Å². The third-order valence-corrected chi connectivity index (χ3v) is 4.35. The quantitative estimate of drug-likeness (QED) is 0.403. The molecule has 0 spiro atoms. The average Bonchev–Trinajstić information content (AvgIpc) is 2.60. The largest absolute Gasteiger partial charge is 0.384 e. The molecule has 0 saturated heterocycles. The summed E-state index contributed by atoms with van der Waals surface area (Å²) in [6, 6.07) is 1.93. The van der Waals surface area contributed by atoms with E-state index >= 15 is 0 Å². The van der Waals surface area contributed by atoms with Crippen molar-refractivity contribution in [2.45, 2.75) is 42.2 Å². The number of halogens is 11. The monoisotopic (exact) mass is 460 g/mol. The molecule has 0 unspecified atom stereocenters. The van der Waals surface area contributed by atoms with Crippen LogP contribution in [0.1, 0.15) is 5.56 Å². The molecule has 5 nitrogen and oxygen atoms in total. The number of carbonyl (C=O) groups excluding carboxylic acids is 1. The van der Waals surface area contributed by atoms with Gasteiger partial charge in [0, 0.05) is 6.07 Å². The Morgan fingerprint density at radius 3 is 1.63 bits per heavy atom. The molecule has 1 amide bonds. The predicted molar refractivity (Wildman–Crippen MR) is 75.0 cm³/mol. The van der Waals surface area contributed by atoms with Crippen LogP contribution < -0.4 is 5.32 Å². The highest BCUT2D eigenvalue weighted by atomic mass is 19.4. The highest BCUT2D eigenvalue weighted by Crippen LogP contribution is 2.69. The number of nitro benzene ring substituents is 1. The van der Waals surface area contributed by atoms with Crippen LogP contribution in [0, 0.1) is 17.0 Å². The van der Waals surface area contributed by atoms with Crippen LogP contribution in [0.3, 0.4) is 0 Å². The van der Waals surface area contributed by atoms with Gasteiger partial charge in [0.25, 0.3) is 11.6 Å². The van der Waals surface area contributed by atoms with Crippen LogP contribution in [0.2, 0.25) is 0 Å². The number of nitrogens with zero attached hydrogens (tertiary/aromatic N) is 1. The number of benzene rings is 1. The van der Waals surface area contributed by atoms with Crippen LogP contribution in [0.15, 0.2) is 18.2 Å². The van der Waals surface area contributed by atoms with Crippen molar-refractivity contribution in [1.82, 2.24) is 0 Å². The van der Waals surface area contributed by atoms with E-state index in [0.717, 1.165) is 6.07 Å². The van der Waals surface area contributed by atoms with Crippen LogP contribution in [0.25, 0.3) is 0 Å². The molecule has 0 atom stereocenters. The zero-order chi connectivity index (χ0) is 23.7. The Morgan fingerprint density at radius 1 is 0.833 bits per heavy atom. The van der Waals surface area contributed by atoms with Crippen molar-refractivity contribution in [3.63, 3.8) is 0 Å². The van der Waals surface area contributed by atoms with Gasteiger partial charge in [0.1, 0.15) is 5.69 Å². The Labute approximate surface area is 158 Å². The summed E-state index contributed by atoms with van der Waals surface area (Å²) in [5.41, 5.74) is -9.46. The van der Waals surface area contributed by atoms with Gasteiger partial charge in [-0.1, -0.05) is 6.07 Å². The molecule has 168 valence electrons. The molecule has 0 bridgehead atoms. The number of hydrogen-bond acceptors (Lipinski definition) is 3. The molecular formula is C14H7F11N2O3. The minimum Gasteiger partial charge on any atom is -0.317 e. The van der Waals surface area contributed by atoms with Crippen molar-refractivity contribution in [2.75, 3.05) is 5.32 Å². The Balaban J connectivity index is 2.72. The summed E-state index contributed by atoms with van der Waals surface area (Å²) in [6.07, 6.45) is 0. The van der Waals surface area contributed by atoms with Gasteiger partial charge in [-0.2, -0.15) is 43.9 Å². The predicted octanol–water partition coefficient (Wildman–Crippen LogP) is 4.74. The fourth-order valence-electron chi connectivity index (χ4n) is 2.61. The Kier molecular flexibility index (Phi) is 4.85. The van der Waals surface area contributed by atoms with E-state index in [0.29, 0.717) is 17.4 Å². The van der Waals surface area contributed by atoms with Crippen molar-refractivity contribution in [2.24, 2.45) is 0 Å². The molecule has 30 heavy (non-hydrogen) atoms. The van der Waals surface area contributed by atoms with Crippen molar-refractivity contribution in [3.8, 4) is 0 Å². The van der Waals surface area contributed by atoms with Gasteiger partial charge in [-0.3, -0.25) is 14.9 Å². The highest BCUT2D eigenvalue weighted by Gasteiger charge is 3.02. The summed E-state index contributed by atoms with van der Waals surface area (Å²) in [6.45, 7) is 1.21. The molecule has 1 saturated carbocycles. The van der Waals surface area contributed by atoms with Crippen molar-refractivity contribution in [1.29, 1.82) is 0 Å². The van der Waals surface area contributed by atoms with E-state index < -0.39 is 57.5 Å². The van der Waals surface area contributed by atoms with E-state index in [9.17, 15) is 63.2 Å². The zero-order valence-electron chi connectivity index (χ0n) is 14.1. The van der Waals surface area contributed by atoms with Gasteiger partial charge in [-0.25, -0.2) is 4.39 Å². The van der Waals surface area contributed by atoms with Crippen molar-refractivity contribution < 1.29 is 58.0 Å². The van der Waals surface area contributed by atoms with E-state index in [1.165, 1.54) is 6.92 Å². The lowest BCUT2D eigenvalue weighted by Gasteiger charge is -2.51. The normalized spacial score (nSPS) is 24.7. The zero-order valence-corrected chi connectivity index (χ0v) is 14.1. The summed E-state index contributed by atoms with van der Waals surface area (Å²) in [7, 11) is 0. The Hall–Kier alpha value is -2.68. The molecule has 0 aromatic heterocycles. The van der Waals surface area contributed by atoms with Crippen LogP contribution >= 0.6 is 0 Å². The third-order valence-electron chi connectivity index (χ3n) is 4.35. The van der Waals surface area contributed by atoms with Crippen LogP contribution in [0.5, 0.6) is 0 Å². The first-order valence-electron chi connectivity index (χ1n) is 7.36. The maximum Gasteiger partial charge on any atom is 0.384 e. The van der Waals surface area contributed by atoms with E-state index in [-0.39, 0.29) is 5.56 Å². The molecular weight excluding hydrogens is 453 g/mol. The number of carbonyl (C=O) groups is 1. The molecule has 1 aromatic carbocycles. The van der Waals surface area contributed by atoms with Gasteiger partial charge in [-0.05, 0) is 18.6 Å². The standard InChI is InChI=1S/C14H7F11N2O3/c1-5-2-3-6(7(4-5)27(29)30)26-8(28)9(15)10(16,17)12(20,21)14(24,25)13(22,23)11(9,18)19/h2-4H,1H3,(H,26,28). The molecule has 0 heterocycles. The highest BCUT2D eigenvalue weighted by molar-refractivity contribution is 6.01. The molecule has 0 aliphatic heterocycles. The Morgan fingerprint density at radius 2 is 1.23 bits per heavy atom. The van der Waals surface area contributed by atoms with Crippen LogP contribution in [-0.4, -0.2) is 46.1 Å². The maximum absolute atomic E-state index is 14.6. The number of alkyl halides is 11. The van der Waals surface area contributed by atoms with Gasteiger partial charge in [0.05, 0.1) is 4.92 Å². The SMILES string of the molecule is Cc1ccc(NC(=O)C2(F)C(F)(F)C(F)(F)C(F)(F)C(F)(F)C2(F)F)c([N+](=O)[O-])c1. The average molecular weight is 460 g/mol. The molecule has 1 N–H and O–H groups in total. The molecule has 1 aromatic rings. The third kappa shape index (κ3) is 2.44. The van der Waals surface area contributed by atoms with Crippen molar-refractivity contribution >= 4 is 17.3 Å². The number of anilines is 1. The van der Waals surface area contributed by atoms with Gasteiger partial charge in [0.15, 0.2) is 0 Å². The summed E-state index contributed by atoms with van der Waals surface area (Å²) >= 11 is 0. The molecule has 1 aliphatic carbocycles.